The summed E-state index contributed by atoms with van der Waals surface area (Å²) in [6.07, 6.45) is -1.07. The number of para-hydroxylation sites is 1. The Bertz CT molecular complexity index is 1160. The van der Waals surface area contributed by atoms with Crippen LogP contribution in [0.25, 0.3) is 5.69 Å². The molecule has 3 rings (SSSR count). The minimum absolute atomic E-state index is 0.154. The SMILES string of the molecule is Cc1cccc(C(=O)OC(C)C(=O)Nc2c(C)n(C)n(-c3ccccc3)c2=O)c1C. The number of aryl methyl sites for hydroxylation is 1. The molecule has 0 aliphatic carbocycles. The van der Waals surface area contributed by atoms with E-state index >= 15 is 0 Å². The second-order valence-electron chi connectivity index (χ2n) is 7.22. The van der Waals surface area contributed by atoms with Crippen molar-refractivity contribution in [2.24, 2.45) is 7.05 Å². The number of anilines is 1. The average Bonchev–Trinajstić information content (AvgIpc) is 2.93. The summed E-state index contributed by atoms with van der Waals surface area (Å²) >= 11 is 0. The van der Waals surface area contributed by atoms with Crippen LogP contribution in [-0.4, -0.2) is 27.3 Å². The zero-order valence-electron chi connectivity index (χ0n) is 17.7. The number of carbonyl (C=O) groups excluding carboxylic acids is 2. The van der Waals surface area contributed by atoms with Gasteiger partial charge in [0.1, 0.15) is 5.69 Å². The molecule has 0 saturated heterocycles. The van der Waals surface area contributed by atoms with Gasteiger partial charge in [-0.05, 0) is 57.0 Å². The van der Waals surface area contributed by atoms with Crippen LogP contribution in [0.3, 0.4) is 0 Å². The van der Waals surface area contributed by atoms with Gasteiger partial charge in [-0.2, -0.15) is 0 Å². The van der Waals surface area contributed by atoms with Crippen LogP contribution in [0.5, 0.6) is 0 Å². The standard InChI is InChI=1S/C23H25N3O4/c1-14-10-9-13-19(15(14)2)23(29)30-17(4)21(27)24-20-16(3)25(5)26(22(20)28)18-11-7-6-8-12-18/h6-13,17H,1-5H3,(H,24,27). The molecule has 3 aromatic rings. The molecule has 1 aromatic heterocycles. The van der Waals surface area contributed by atoms with E-state index in [0.29, 0.717) is 16.9 Å². The molecule has 0 bridgehead atoms. The van der Waals surface area contributed by atoms with E-state index in [2.05, 4.69) is 5.32 Å². The van der Waals surface area contributed by atoms with Gasteiger partial charge in [-0.15, -0.1) is 0 Å². The molecule has 0 radical (unpaired) electrons. The van der Waals surface area contributed by atoms with Crippen LogP contribution in [0.2, 0.25) is 0 Å². The monoisotopic (exact) mass is 407 g/mol. The minimum atomic E-state index is -1.07. The van der Waals surface area contributed by atoms with Gasteiger partial charge in [-0.1, -0.05) is 30.3 Å². The van der Waals surface area contributed by atoms with Crippen LogP contribution in [0.1, 0.15) is 34.1 Å². The number of nitrogens with one attached hydrogen (secondary N) is 1. The summed E-state index contributed by atoms with van der Waals surface area (Å²) in [6.45, 7) is 6.95. The lowest BCUT2D eigenvalue weighted by molar-refractivity contribution is -0.123. The highest BCUT2D eigenvalue weighted by molar-refractivity contribution is 5.98. The van der Waals surface area contributed by atoms with E-state index in [-0.39, 0.29) is 11.2 Å². The zero-order valence-corrected chi connectivity index (χ0v) is 17.7. The molecule has 0 spiro atoms. The zero-order chi connectivity index (χ0) is 22.0. The van der Waals surface area contributed by atoms with Crippen molar-refractivity contribution in [2.45, 2.75) is 33.8 Å². The quantitative estimate of drug-likeness (QED) is 0.658. The summed E-state index contributed by atoms with van der Waals surface area (Å²) in [5, 5.41) is 2.62. The summed E-state index contributed by atoms with van der Waals surface area (Å²) in [5.74, 6) is -1.15. The van der Waals surface area contributed by atoms with Gasteiger partial charge in [0.15, 0.2) is 6.10 Å². The first-order valence-corrected chi connectivity index (χ1v) is 9.64. The van der Waals surface area contributed by atoms with Crippen LogP contribution in [0.4, 0.5) is 5.69 Å². The Kier molecular flexibility index (Phi) is 5.91. The number of amides is 1. The van der Waals surface area contributed by atoms with E-state index in [4.69, 9.17) is 4.74 Å². The molecule has 7 nitrogen and oxygen atoms in total. The van der Waals surface area contributed by atoms with Crippen molar-refractivity contribution in [1.29, 1.82) is 0 Å². The van der Waals surface area contributed by atoms with E-state index in [1.54, 1.807) is 42.9 Å². The molecule has 0 aliphatic rings. The highest BCUT2D eigenvalue weighted by Gasteiger charge is 2.24. The van der Waals surface area contributed by atoms with Crippen molar-refractivity contribution < 1.29 is 14.3 Å². The molecule has 0 fully saturated rings. The van der Waals surface area contributed by atoms with Gasteiger partial charge < -0.3 is 10.1 Å². The van der Waals surface area contributed by atoms with E-state index in [1.165, 1.54) is 11.6 Å². The van der Waals surface area contributed by atoms with E-state index in [0.717, 1.165) is 11.1 Å². The summed E-state index contributed by atoms with van der Waals surface area (Å²) in [4.78, 5) is 38.1. The van der Waals surface area contributed by atoms with Gasteiger partial charge in [0.25, 0.3) is 11.5 Å². The molecular weight excluding hydrogens is 382 g/mol. The van der Waals surface area contributed by atoms with Crippen LogP contribution < -0.4 is 10.9 Å². The number of carbonyl (C=O) groups is 2. The van der Waals surface area contributed by atoms with Crippen LogP contribution in [0.15, 0.2) is 53.3 Å². The number of aromatic nitrogens is 2. The summed E-state index contributed by atoms with van der Waals surface area (Å²) in [5.41, 5.74) is 3.25. The Labute approximate surface area is 174 Å². The number of esters is 1. The fraction of sp³-hybridized carbons (Fsp3) is 0.261. The molecule has 1 N–H and O–H groups in total. The Morgan fingerprint density at radius 1 is 1.00 bits per heavy atom. The van der Waals surface area contributed by atoms with E-state index in [9.17, 15) is 14.4 Å². The number of hydrogen-bond acceptors (Lipinski definition) is 4. The minimum Gasteiger partial charge on any atom is -0.449 e. The summed E-state index contributed by atoms with van der Waals surface area (Å²) in [6, 6.07) is 14.5. The molecule has 1 unspecified atom stereocenters. The van der Waals surface area contributed by atoms with Gasteiger partial charge in [0.05, 0.1) is 16.9 Å². The van der Waals surface area contributed by atoms with Crippen molar-refractivity contribution in [3.05, 3.63) is 81.3 Å². The smallest absolute Gasteiger partial charge is 0.339 e. The van der Waals surface area contributed by atoms with Crippen LogP contribution >= 0.6 is 0 Å². The maximum absolute atomic E-state index is 12.9. The molecule has 1 heterocycles. The molecule has 30 heavy (non-hydrogen) atoms. The van der Waals surface area contributed by atoms with E-state index in [1.807, 2.05) is 38.1 Å². The second-order valence-corrected chi connectivity index (χ2v) is 7.22. The number of rotatable bonds is 5. The maximum Gasteiger partial charge on any atom is 0.339 e. The highest BCUT2D eigenvalue weighted by Crippen LogP contribution is 2.17. The van der Waals surface area contributed by atoms with Crippen molar-refractivity contribution in [3.63, 3.8) is 0 Å². The summed E-state index contributed by atoms with van der Waals surface area (Å²) in [7, 11) is 1.74. The largest absolute Gasteiger partial charge is 0.449 e. The van der Waals surface area contributed by atoms with Gasteiger partial charge >= 0.3 is 5.97 Å². The van der Waals surface area contributed by atoms with Crippen LogP contribution in [0, 0.1) is 20.8 Å². The maximum atomic E-state index is 12.9. The first-order chi connectivity index (χ1) is 14.2. The lowest BCUT2D eigenvalue weighted by atomic mass is 10.0. The Hall–Kier alpha value is -3.61. The van der Waals surface area contributed by atoms with Gasteiger partial charge in [-0.25, -0.2) is 9.48 Å². The number of hydrogen-bond donors (Lipinski definition) is 1. The fourth-order valence-corrected chi connectivity index (χ4v) is 3.19. The van der Waals surface area contributed by atoms with Gasteiger partial charge in [-0.3, -0.25) is 14.3 Å². The lowest BCUT2D eigenvalue weighted by Crippen LogP contribution is -2.32. The Balaban J connectivity index is 1.80. The lowest BCUT2D eigenvalue weighted by Gasteiger charge is -2.14. The molecule has 1 atom stereocenters. The third kappa shape index (κ3) is 3.91. The van der Waals surface area contributed by atoms with Gasteiger partial charge in [0, 0.05) is 7.05 Å². The van der Waals surface area contributed by atoms with Crippen molar-refractivity contribution in [3.8, 4) is 5.69 Å². The number of ether oxygens (including phenoxy) is 1. The molecule has 1 amide bonds. The Morgan fingerprint density at radius 2 is 1.67 bits per heavy atom. The van der Waals surface area contributed by atoms with Crippen molar-refractivity contribution in [1.82, 2.24) is 9.36 Å². The van der Waals surface area contributed by atoms with Crippen LogP contribution in [-0.2, 0) is 16.6 Å². The normalized spacial score (nSPS) is 11.8. The topological polar surface area (TPSA) is 82.3 Å². The third-order valence-electron chi connectivity index (χ3n) is 5.28. The fourth-order valence-electron chi connectivity index (χ4n) is 3.19. The number of nitrogens with zero attached hydrogens (tertiary/aromatic N) is 2. The predicted molar refractivity (Wildman–Crippen MR) is 115 cm³/mol. The third-order valence-corrected chi connectivity index (χ3v) is 5.28. The van der Waals surface area contributed by atoms with Crippen molar-refractivity contribution >= 4 is 17.6 Å². The Morgan fingerprint density at radius 3 is 2.33 bits per heavy atom. The molecule has 156 valence electrons. The molecule has 7 heteroatoms. The molecule has 0 aliphatic heterocycles. The molecular formula is C23H25N3O4. The molecule has 0 saturated carbocycles. The predicted octanol–water partition coefficient (Wildman–Crippen LogP) is 3.29. The average molecular weight is 407 g/mol. The van der Waals surface area contributed by atoms with E-state index < -0.39 is 18.0 Å². The number of benzene rings is 2. The first-order valence-electron chi connectivity index (χ1n) is 9.64. The first kappa shape index (κ1) is 21.1. The summed E-state index contributed by atoms with van der Waals surface area (Å²) < 4.78 is 8.48. The molecule has 2 aromatic carbocycles. The second kappa shape index (κ2) is 8.41. The highest BCUT2D eigenvalue weighted by atomic mass is 16.5. The van der Waals surface area contributed by atoms with Gasteiger partial charge in [0.2, 0.25) is 0 Å². The van der Waals surface area contributed by atoms with Crippen molar-refractivity contribution in [2.75, 3.05) is 5.32 Å².